The fourth-order valence-electron chi connectivity index (χ4n) is 3.73. The Morgan fingerprint density at radius 2 is 1.74 bits per heavy atom. The molecule has 1 amide bonds. The first-order chi connectivity index (χ1) is 16.2. The van der Waals surface area contributed by atoms with Gasteiger partial charge >= 0.3 is 0 Å². The van der Waals surface area contributed by atoms with E-state index in [2.05, 4.69) is 33.8 Å². The maximum absolute atomic E-state index is 11.3. The molecule has 1 radical (unpaired) electrons. The van der Waals surface area contributed by atoms with Crippen LogP contribution in [0.15, 0.2) is 66.7 Å². The molecule has 1 fully saturated rings. The number of nitrogens with two attached hydrogens (primary N) is 1. The van der Waals surface area contributed by atoms with Crippen LogP contribution in [0.3, 0.4) is 0 Å². The Balaban J connectivity index is 0.000000266. The van der Waals surface area contributed by atoms with Gasteiger partial charge in [0.25, 0.3) is 5.91 Å². The third-order valence-electron chi connectivity index (χ3n) is 5.61. The molecule has 4 N–H and O–H groups in total. The normalized spacial score (nSPS) is 13.5. The number of benzene rings is 3. The third kappa shape index (κ3) is 9.15. The Bertz CT molecular complexity index is 989. The van der Waals surface area contributed by atoms with Crippen LogP contribution < -0.4 is 11.3 Å². The molecule has 34 heavy (non-hydrogen) atoms. The van der Waals surface area contributed by atoms with E-state index >= 15 is 0 Å². The quantitative estimate of drug-likeness (QED) is 0.194. The van der Waals surface area contributed by atoms with Crippen LogP contribution in [-0.2, 0) is 50.5 Å². The van der Waals surface area contributed by atoms with E-state index in [0.717, 1.165) is 56.9 Å². The van der Waals surface area contributed by atoms with Crippen LogP contribution >= 0.6 is 0 Å². The minimum Gasteiger partial charge on any atom is -0.674 e. The monoisotopic (exact) mass is 536 g/mol. The van der Waals surface area contributed by atoms with Crippen molar-refractivity contribution in [3.8, 4) is 0 Å². The first-order valence-electron chi connectivity index (χ1n) is 11.4. The molecule has 8 heteroatoms. The van der Waals surface area contributed by atoms with E-state index in [1.807, 2.05) is 36.4 Å². The predicted molar refractivity (Wildman–Crippen MR) is 134 cm³/mol. The van der Waals surface area contributed by atoms with Crippen molar-refractivity contribution in [2.45, 2.75) is 19.5 Å². The van der Waals surface area contributed by atoms with Crippen molar-refractivity contribution in [1.82, 2.24) is 10.3 Å². The van der Waals surface area contributed by atoms with Crippen molar-refractivity contribution in [3.05, 3.63) is 94.5 Å². The second kappa shape index (κ2) is 16.1. The van der Waals surface area contributed by atoms with Crippen molar-refractivity contribution < 1.29 is 42.2 Å². The molecule has 7 nitrogen and oxygen atoms in total. The summed E-state index contributed by atoms with van der Waals surface area (Å²) in [5.41, 5.74) is 12.2. The fourth-order valence-corrected chi connectivity index (χ4v) is 3.73. The summed E-state index contributed by atoms with van der Waals surface area (Å²) in [4.78, 5) is 13.7. The molecule has 0 bridgehead atoms. The number of hydrogen-bond acceptors (Lipinski definition) is 4. The van der Waals surface area contributed by atoms with Gasteiger partial charge < -0.3 is 15.8 Å². The summed E-state index contributed by atoms with van der Waals surface area (Å²) in [5.74, 6) is 4.81. The van der Waals surface area contributed by atoms with Crippen molar-refractivity contribution in [2.75, 3.05) is 39.4 Å². The van der Waals surface area contributed by atoms with Crippen molar-refractivity contribution >= 4 is 16.7 Å². The molecule has 3 aromatic rings. The van der Waals surface area contributed by atoms with Crippen LogP contribution in [0.2, 0.25) is 0 Å². The van der Waals surface area contributed by atoms with Gasteiger partial charge in [0.15, 0.2) is 0 Å². The standard InChI is InChI=1S/C15H23N4O2.C11H10N.Y/c16-18-15(20)14-4-2-13(3-5-14)12-17-6-1-7-19-8-10-21-11-9-19;12-8-10-6-3-5-9-4-1-2-7-11(9)10;/h2-5H,1,6-12,16H2,(H,18,20);1-7,12H,8H2;/q2*-1;. The van der Waals surface area contributed by atoms with Gasteiger partial charge in [-0.3, -0.25) is 15.1 Å². The zero-order chi connectivity index (χ0) is 23.3. The van der Waals surface area contributed by atoms with Gasteiger partial charge in [-0.25, -0.2) is 5.84 Å². The topological polar surface area (TPSA) is 105 Å². The number of nitrogens with one attached hydrogen (secondary N) is 2. The van der Waals surface area contributed by atoms with Crippen LogP contribution in [0.25, 0.3) is 21.8 Å². The molecule has 0 saturated carbocycles. The summed E-state index contributed by atoms with van der Waals surface area (Å²) >= 11 is 0. The Labute approximate surface area is 227 Å². The fraction of sp³-hybridized carbons (Fsp3) is 0.346. The number of hydrogen-bond donors (Lipinski definition) is 2. The van der Waals surface area contributed by atoms with Crippen molar-refractivity contribution in [2.24, 2.45) is 5.84 Å². The molecule has 4 rings (SSSR count). The Hall–Kier alpha value is -1.71. The Morgan fingerprint density at radius 1 is 1.03 bits per heavy atom. The summed E-state index contributed by atoms with van der Waals surface area (Å²) in [5, 5.41) is 6.97. The molecule has 0 atom stereocenters. The van der Waals surface area contributed by atoms with Crippen LogP contribution in [0, 0.1) is 0 Å². The molecule has 1 saturated heterocycles. The van der Waals surface area contributed by atoms with Crippen LogP contribution in [-0.4, -0.2) is 50.2 Å². The number of nitrogens with zero attached hydrogens (tertiary/aromatic N) is 2. The molecule has 0 spiro atoms. The minimum absolute atomic E-state index is 0. The molecule has 1 heterocycles. The minimum atomic E-state index is -0.274. The van der Waals surface area contributed by atoms with E-state index in [1.54, 1.807) is 12.1 Å². The van der Waals surface area contributed by atoms with Gasteiger partial charge in [0.05, 0.1) is 13.2 Å². The largest absolute Gasteiger partial charge is 0.674 e. The van der Waals surface area contributed by atoms with Crippen LogP contribution in [0.1, 0.15) is 27.9 Å². The smallest absolute Gasteiger partial charge is 0.265 e. The number of ether oxygens (including phenoxy) is 1. The van der Waals surface area contributed by atoms with Crippen molar-refractivity contribution in [3.63, 3.8) is 0 Å². The molecule has 1 aliphatic heterocycles. The second-order valence-corrected chi connectivity index (χ2v) is 7.90. The third-order valence-corrected chi connectivity index (χ3v) is 5.61. The Morgan fingerprint density at radius 3 is 2.44 bits per heavy atom. The van der Waals surface area contributed by atoms with Gasteiger partial charge in [-0.15, -0.1) is 19.6 Å². The number of morpholine rings is 1. The van der Waals surface area contributed by atoms with Gasteiger partial charge in [-0.2, -0.15) is 0 Å². The molecular weight excluding hydrogens is 503 g/mol. The van der Waals surface area contributed by atoms with Gasteiger partial charge in [-0.1, -0.05) is 72.1 Å². The van der Waals surface area contributed by atoms with Crippen molar-refractivity contribution in [1.29, 1.82) is 0 Å². The average molecular weight is 536 g/mol. The predicted octanol–water partition coefficient (Wildman–Crippen LogP) is 4.28. The van der Waals surface area contributed by atoms with E-state index < -0.39 is 0 Å². The molecule has 1 aliphatic rings. The average Bonchev–Trinajstić information content (AvgIpc) is 2.89. The SMILES string of the molecule is NNC(=O)c1ccc(C[N-]CCCN2CCOCC2)cc1.[NH-]Cc1cccc2ccccc12.[Y]. The first kappa shape index (κ1) is 28.5. The summed E-state index contributed by atoms with van der Waals surface area (Å²) < 4.78 is 5.32. The molecule has 0 unspecified atom stereocenters. The summed E-state index contributed by atoms with van der Waals surface area (Å²) in [6.07, 6.45) is 1.08. The maximum atomic E-state index is 11.3. The number of carbonyl (C=O) groups excluding carboxylic acids is 1. The van der Waals surface area contributed by atoms with E-state index in [4.69, 9.17) is 16.3 Å². The first-order valence-corrected chi connectivity index (χ1v) is 11.4. The number of nitrogen functional groups attached to an aromatic ring is 1. The second-order valence-electron chi connectivity index (χ2n) is 7.90. The van der Waals surface area contributed by atoms with E-state index in [9.17, 15) is 4.79 Å². The molecule has 3 aromatic carbocycles. The number of hydrazine groups is 1. The number of rotatable bonds is 8. The van der Waals surface area contributed by atoms with E-state index in [-0.39, 0.29) is 38.6 Å². The van der Waals surface area contributed by atoms with Gasteiger partial charge in [0.2, 0.25) is 0 Å². The van der Waals surface area contributed by atoms with E-state index in [0.29, 0.717) is 18.7 Å². The summed E-state index contributed by atoms with van der Waals surface area (Å²) in [7, 11) is 0. The molecule has 0 aliphatic carbocycles. The van der Waals surface area contributed by atoms with Gasteiger partial charge in [0, 0.05) is 51.4 Å². The number of amides is 1. The summed E-state index contributed by atoms with van der Waals surface area (Å²) in [6.45, 7) is 6.76. The molecule has 179 valence electrons. The van der Waals surface area contributed by atoms with E-state index in [1.165, 1.54) is 10.8 Å². The zero-order valence-electron chi connectivity index (χ0n) is 19.6. The molecule has 0 aromatic heterocycles. The van der Waals surface area contributed by atoms with Gasteiger partial charge in [0.1, 0.15) is 0 Å². The van der Waals surface area contributed by atoms with Gasteiger partial charge in [-0.05, 0) is 29.4 Å². The Kier molecular flexibility index (Phi) is 13.5. The number of carbonyl (C=O) groups is 1. The van der Waals surface area contributed by atoms with Crippen LogP contribution in [0.5, 0.6) is 0 Å². The van der Waals surface area contributed by atoms with Crippen LogP contribution in [0.4, 0.5) is 0 Å². The number of fused-ring (bicyclic) bond motifs is 1. The zero-order valence-corrected chi connectivity index (χ0v) is 22.4. The maximum Gasteiger partial charge on any atom is 0.265 e. The summed E-state index contributed by atoms with van der Waals surface area (Å²) in [6, 6.07) is 21.6. The molecular formula is C26H33N5O2Y-2.